The molecule has 0 fully saturated rings. The normalized spacial score (nSPS) is 21.5. The fourth-order valence-electron chi connectivity index (χ4n) is 2.73. The average molecular weight is 260 g/mol. The van der Waals surface area contributed by atoms with E-state index in [0.29, 0.717) is 12.4 Å². The number of aliphatic hydroxyl groups is 1. The van der Waals surface area contributed by atoms with Crippen molar-refractivity contribution in [2.75, 3.05) is 6.61 Å². The summed E-state index contributed by atoms with van der Waals surface area (Å²) in [5.41, 5.74) is 1.64. The number of nitrogens with zero attached hydrogens (tertiary/aromatic N) is 1. The molecule has 0 aliphatic heterocycles. The molecular formula is C13H16N4O2. The van der Waals surface area contributed by atoms with Gasteiger partial charge in [0.25, 0.3) is 0 Å². The third-order valence-corrected chi connectivity index (χ3v) is 3.77. The summed E-state index contributed by atoms with van der Waals surface area (Å²) in [7, 11) is 0. The molecule has 0 amide bonds. The molecule has 1 aromatic heterocycles. The Labute approximate surface area is 109 Å². The van der Waals surface area contributed by atoms with E-state index in [-0.39, 0.29) is 12.3 Å². The van der Waals surface area contributed by atoms with Gasteiger partial charge in [-0.2, -0.15) is 5.10 Å². The number of aromatic amines is 2. The number of rotatable bonds is 4. The van der Waals surface area contributed by atoms with Crippen molar-refractivity contribution in [3.63, 3.8) is 0 Å². The largest absolute Gasteiger partial charge is 0.394 e. The molecule has 6 nitrogen and oxygen atoms in total. The molecule has 1 atom stereocenters. The lowest BCUT2D eigenvalue weighted by Crippen LogP contribution is -2.43. The van der Waals surface area contributed by atoms with Crippen LogP contribution in [0.15, 0.2) is 29.1 Å². The molecule has 1 aliphatic rings. The maximum Gasteiger partial charge on any atom is 0.340 e. The molecule has 6 heteroatoms. The fraction of sp³-hybridized carbons (Fsp3) is 0.385. The van der Waals surface area contributed by atoms with E-state index in [4.69, 9.17) is 0 Å². The van der Waals surface area contributed by atoms with E-state index in [1.54, 1.807) is 0 Å². The van der Waals surface area contributed by atoms with Crippen molar-refractivity contribution in [3.05, 3.63) is 51.7 Å². The average Bonchev–Trinajstić information content (AvgIpc) is 3.01. The number of nitrogens with one attached hydrogen (secondary N) is 3. The minimum absolute atomic E-state index is 0.0265. The van der Waals surface area contributed by atoms with Gasteiger partial charge in [0.05, 0.1) is 18.7 Å². The molecule has 1 heterocycles. The van der Waals surface area contributed by atoms with Crippen LogP contribution >= 0.6 is 0 Å². The van der Waals surface area contributed by atoms with E-state index < -0.39 is 5.54 Å². The summed E-state index contributed by atoms with van der Waals surface area (Å²) in [4.78, 5) is 13.6. The first-order valence-electron chi connectivity index (χ1n) is 6.31. The standard InChI is InChI=1S/C13H16N4O2/c18-8-13(14-7-11-15-12(19)17-16-11)6-5-9-3-1-2-4-10(9)13/h1-4,14,18H,5-8H2,(H2,15,16,17,19). The fourth-order valence-corrected chi connectivity index (χ4v) is 2.73. The Hall–Kier alpha value is -1.92. The molecule has 0 bridgehead atoms. The van der Waals surface area contributed by atoms with Crippen LogP contribution in [0.1, 0.15) is 23.4 Å². The minimum Gasteiger partial charge on any atom is -0.394 e. The molecule has 19 heavy (non-hydrogen) atoms. The summed E-state index contributed by atoms with van der Waals surface area (Å²) < 4.78 is 0. The van der Waals surface area contributed by atoms with E-state index in [2.05, 4.69) is 26.6 Å². The van der Waals surface area contributed by atoms with Crippen LogP contribution in [0.3, 0.4) is 0 Å². The monoisotopic (exact) mass is 260 g/mol. The van der Waals surface area contributed by atoms with E-state index >= 15 is 0 Å². The van der Waals surface area contributed by atoms with Gasteiger partial charge in [0.1, 0.15) is 5.82 Å². The summed E-state index contributed by atoms with van der Waals surface area (Å²) in [6, 6.07) is 8.12. The van der Waals surface area contributed by atoms with Gasteiger partial charge in [-0.25, -0.2) is 9.89 Å². The topological polar surface area (TPSA) is 93.8 Å². The summed E-state index contributed by atoms with van der Waals surface area (Å²) >= 11 is 0. The molecule has 0 spiro atoms. The van der Waals surface area contributed by atoms with Gasteiger partial charge in [-0.1, -0.05) is 24.3 Å². The summed E-state index contributed by atoms with van der Waals surface area (Å²) in [6.45, 7) is 0.437. The van der Waals surface area contributed by atoms with E-state index in [1.807, 2.05) is 18.2 Å². The van der Waals surface area contributed by atoms with Crippen molar-refractivity contribution in [3.8, 4) is 0 Å². The van der Waals surface area contributed by atoms with Gasteiger partial charge in [0.2, 0.25) is 0 Å². The third kappa shape index (κ3) is 2.09. The lowest BCUT2D eigenvalue weighted by atomic mass is 9.92. The van der Waals surface area contributed by atoms with Crippen molar-refractivity contribution >= 4 is 0 Å². The molecular weight excluding hydrogens is 244 g/mol. The van der Waals surface area contributed by atoms with Gasteiger partial charge in [-0.15, -0.1) is 0 Å². The minimum atomic E-state index is -0.438. The number of H-pyrrole nitrogens is 2. The van der Waals surface area contributed by atoms with Crippen LogP contribution in [0.25, 0.3) is 0 Å². The van der Waals surface area contributed by atoms with Gasteiger partial charge < -0.3 is 5.11 Å². The highest BCUT2D eigenvalue weighted by atomic mass is 16.3. The predicted octanol–water partition coefficient (Wildman–Crippen LogP) is 0.0216. The van der Waals surface area contributed by atoms with Crippen molar-refractivity contribution in [1.82, 2.24) is 20.5 Å². The number of fused-ring (bicyclic) bond motifs is 1. The number of hydrogen-bond acceptors (Lipinski definition) is 4. The SMILES string of the molecule is O=c1[nH]nc(CNC2(CO)CCc3ccccc32)[nH]1. The van der Waals surface area contributed by atoms with Crippen LogP contribution < -0.4 is 11.0 Å². The lowest BCUT2D eigenvalue weighted by Gasteiger charge is -2.29. The number of aliphatic hydroxyl groups excluding tert-OH is 1. The van der Waals surface area contributed by atoms with Gasteiger partial charge in [0, 0.05) is 0 Å². The Morgan fingerprint density at radius 1 is 1.42 bits per heavy atom. The highest BCUT2D eigenvalue weighted by Gasteiger charge is 2.37. The molecule has 1 aromatic carbocycles. The molecule has 1 aliphatic carbocycles. The zero-order valence-corrected chi connectivity index (χ0v) is 10.4. The number of aryl methyl sites for hydroxylation is 1. The quantitative estimate of drug-likeness (QED) is 0.623. The summed E-state index contributed by atoms with van der Waals surface area (Å²) in [6.07, 6.45) is 1.79. The number of aromatic nitrogens is 3. The Morgan fingerprint density at radius 2 is 2.26 bits per heavy atom. The van der Waals surface area contributed by atoms with Gasteiger partial charge >= 0.3 is 5.69 Å². The summed E-state index contributed by atoms with van der Waals surface area (Å²) in [5, 5.41) is 19.3. The smallest absolute Gasteiger partial charge is 0.340 e. The van der Waals surface area contributed by atoms with Crippen molar-refractivity contribution < 1.29 is 5.11 Å². The van der Waals surface area contributed by atoms with Gasteiger partial charge in [-0.3, -0.25) is 10.3 Å². The van der Waals surface area contributed by atoms with E-state index in [9.17, 15) is 9.90 Å². The van der Waals surface area contributed by atoms with Crippen LogP contribution in [-0.2, 0) is 18.5 Å². The van der Waals surface area contributed by atoms with Gasteiger partial charge in [0.15, 0.2) is 0 Å². The lowest BCUT2D eigenvalue weighted by molar-refractivity contribution is 0.158. The molecule has 100 valence electrons. The Balaban J connectivity index is 1.83. The molecule has 0 radical (unpaired) electrons. The highest BCUT2D eigenvalue weighted by Crippen LogP contribution is 2.36. The first-order valence-corrected chi connectivity index (χ1v) is 6.31. The van der Waals surface area contributed by atoms with Crippen LogP contribution in [0.4, 0.5) is 0 Å². The van der Waals surface area contributed by atoms with Crippen molar-refractivity contribution in [2.45, 2.75) is 24.9 Å². The van der Waals surface area contributed by atoms with E-state index in [0.717, 1.165) is 18.4 Å². The molecule has 4 N–H and O–H groups in total. The Bertz CT molecular complexity index is 633. The number of benzene rings is 1. The van der Waals surface area contributed by atoms with Crippen LogP contribution in [0.2, 0.25) is 0 Å². The first kappa shape index (κ1) is 12.1. The van der Waals surface area contributed by atoms with Crippen molar-refractivity contribution in [2.24, 2.45) is 0 Å². The third-order valence-electron chi connectivity index (χ3n) is 3.77. The summed E-state index contributed by atoms with van der Waals surface area (Å²) in [5.74, 6) is 0.544. The Morgan fingerprint density at radius 3 is 3.00 bits per heavy atom. The van der Waals surface area contributed by atoms with Crippen molar-refractivity contribution in [1.29, 1.82) is 0 Å². The molecule has 3 rings (SSSR count). The molecule has 2 aromatic rings. The second kappa shape index (κ2) is 4.64. The molecule has 0 saturated carbocycles. The zero-order valence-electron chi connectivity index (χ0n) is 10.4. The Kier molecular flexibility index (Phi) is 2.96. The highest BCUT2D eigenvalue weighted by molar-refractivity contribution is 5.38. The van der Waals surface area contributed by atoms with Crippen LogP contribution in [0, 0.1) is 0 Å². The zero-order chi connectivity index (χ0) is 13.3. The second-order valence-electron chi connectivity index (χ2n) is 4.88. The van der Waals surface area contributed by atoms with Gasteiger partial charge in [-0.05, 0) is 24.0 Å². The van der Waals surface area contributed by atoms with E-state index in [1.165, 1.54) is 5.56 Å². The first-order chi connectivity index (χ1) is 9.23. The molecule has 1 unspecified atom stereocenters. The second-order valence-corrected chi connectivity index (χ2v) is 4.88. The maximum absolute atomic E-state index is 11.0. The molecule has 0 saturated heterocycles. The maximum atomic E-state index is 11.0. The van der Waals surface area contributed by atoms with Crippen LogP contribution in [0.5, 0.6) is 0 Å². The van der Waals surface area contributed by atoms with Crippen LogP contribution in [-0.4, -0.2) is 26.9 Å². The predicted molar refractivity (Wildman–Crippen MR) is 69.6 cm³/mol. The number of hydrogen-bond donors (Lipinski definition) is 4.